The molecular weight excluding hydrogens is 224 g/mol. The maximum Gasteiger partial charge on any atom is 0.289 e. The molecule has 1 aliphatic heterocycles. The van der Waals surface area contributed by atoms with E-state index in [4.69, 9.17) is 4.42 Å². The molecule has 0 radical (unpaired) electrons. The zero-order valence-corrected chi connectivity index (χ0v) is 10.3. The third-order valence-corrected chi connectivity index (χ3v) is 3.38. The highest BCUT2D eigenvalue weighted by Gasteiger charge is 2.25. The van der Waals surface area contributed by atoms with E-state index in [1.807, 2.05) is 24.1 Å². The van der Waals surface area contributed by atoms with Crippen molar-refractivity contribution >= 4 is 17.7 Å². The number of thioether (sulfide) groups is 1. The van der Waals surface area contributed by atoms with Gasteiger partial charge in [0.05, 0.1) is 0 Å². The van der Waals surface area contributed by atoms with Gasteiger partial charge in [0.25, 0.3) is 5.91 Å². The molecular formula is C11H16N2O2S. The summed E-state index contributed by atoms with van der Waals surface area (Å²) in [6, 6.07) is 3.82. The Bertz CT molecular complexity index is 378. The molecule has 88 valence electrons. The fourth-order valence-electron chi connectivity index (χ4n) is 1.83. The molecule has 16 heavy (non-hydrogen) atoms. The predicted molar refractivity (Wildman–Crippen MR) is 63.9 cm³/mol. The molecule has 0 unspecified atom stereocenters. The minimum Gasteiger partial charge on any atom is -0.445 e. The Morgan fingerprint density at radius 2 is 2.44 bits per heavy atom. The van der Waals surface area contributed by atoms with E-state index in [1.165, 1.54) is 11.8 Å². The number of nitrogens with one attached hydrogen (secondary N) is 1. The van der Waals surface area contributed by atoms with E-state index in [2.05, 4.69) is 5.32 Å². The molecule has 0 aromatic carbocycles. The smallest absolute Gasteiger partial charge is 0.289 e. The van der Waals surface area contributed by atoms with Crippen LogP contribution >= 0.6 is 11.8 Å². The molecule has 1 atom stereocenters. The topological polar surface area (TPSA) is 45.5 Å². The van der Waals surface area contributed by atoms with Crippen molar-refractivity contribution < 1.29 is 9.21 Å². The highest BCUT2D eigenvalue weighted by atomic mass is 32.2. The number of hydrogen-bond acceptors (Lipinski definition) is 4. The van der Waals surface area contributed by atoms with E-state index < -0.39 is 0 Å². The second-order valence-corrected chi connectivity index (χ2v) is 4.69. The first-order valence-electron chi connectivity index (χ1n) is 5.38. The first-order valence-corrected chi connectivity index (χ1v) is 6.60. The van der Waals surface area contributed by atoms with Crippen molar-refractivity contribution in [3.8, 4) is 0 Å². The number of nitrogens with zero attached hydrogens (tertiary/aromatic N) is 1. The molecule has 0 aliphatic carbocycles. The second kappa shape index (κ2) is 4.93. The SMILES string of the molecule is CSc1ccc(C(=O)N2CCNC[C@H]2C)o1. The maximum absolute atomic E-state index is 12.1. The lowest BCUT2D eigenvalue weighted by Gasteiger charge is -2.33. The van der Waals surface area contributed by atoms with Gasteiger partial charge in [0.2, 0.25) is 0 Å². The average Bonchev–Trinajstić information content (AvgIpc) is 2.77. The van der Waals surface area contributed by atoms with Crippen LogP contribution in [0.25, 0.3) is 0 Å². The summed E-state index contributed by atoms with van der Waals surface area (Å²) in [5.74, 6) is 0.437. The van der Waals surface area contributed by atoms with Gasteiger partial charge in [-0.05, 0) is 25.3 Å². The summed E-state index contributed by atoms with van der Waals surface area (Å²) in [5.41, 5.74) is 0. The third-order valence-electron chi connectivity index (χ3n) is 2.76. The van der Waals surface area contributed by atoms with Gasteiger partial charge in [-0.3, -0.25) is 4.79 Å². The number of carbonyl (C=O) groups is 1. The third kappa shape index (κ3) is 2.25. The maximum atomic E-state index is 12.1. The molecule has 0 bridgehead atoms. The second-order valence-electron chi connectivity index (χ2n) is 3.87. The largest absolute Gasteiger partial charge is 0.445 e. The van der Waals surface area contributed by atoms with Crippen LogP contribution in [0.4, 0.5) is 0 Å². The summed E-state index contributed by atoms with van der Waals surface area (Å²) in [5, 5.41) is 4.04. The zero-order chi connectivity index (χ0) is 11.5. The molecule has 0 saturated carbocycles. The van der Waals surface area contributed by atoms with Crippen molar-refractivity contribution in [3.63, 3.8) is 0 Å². The molecule has 1 aromatic rings. The van der Waals surface area contributed by atoms with Crippen molar-refractivity contribution in [2.24, 2.45) is 0 Å². The molecule has 1 fully saturated rings. The van der Waals surface area contributed by atoms with Crippen LogP contribution in [0.15, 0.2) is 21.6 Å². The summed E-state index contributed by atoms with van der Waals surface area (Å²) >= 11 is 1.50. The van der Waals surface area contributed by atoms with Crippen LogP contribution in [0.3, 0.4) is 0 Å². The first kappa shape index (κ1) is 11.5. The Morgan fingerprint density at radius 1 is 1.62 bits per heavy atom. The summed E-state index contributed by atoms with van der Waals surface area (Å²) in [6.07, 6.45) is 1.93. The number of rotatable bonds is 2. The molecule has 1 aliphatic rings. The lowest BCUT2D eigenvalue weighted by atomic mass is 10.2. The standard InChI is InChI=1S/C11H16N2O2S/c1-8-7-12-5-6-13(8)11(14)9-3-4-10(15-9)16-2/h3-4,8,12H,5-7H2,1-2H3/t8-/m1/s1. The predicted octanol–water partition coefficient (Wildman–Crippen LogP) is 1.44. The van der Waals surface area contributed by atoms with Gasteiger partial charge in [-0.1, -0.05) is 11.8 Å². The molecule has 2 heterocycles. The monoisotopic (exact) mass is 240 g/mol. The van der Waals surface area contributed by atoms with Crippen LogP contribution < -0.4 is 5.32 Å². The Kier molecular flexibility index (Phi) is 3.56. The van der Waals surface area contributed by atoms with Gasteiger partial charge in [-0.15, -0.1) is 0 Å². The van der Waals surface area contributed by atoms with E-state index >= 15 is 0 Å². The average molecular weight is 240 g/mol. The minimum absolute atomic E-state index is 0.00528. The molecule has 1 N–H and O–H groups in total. The van der Waals surface area contributed by atoms with Crippen LogP contribution in [0.5, 0.6) is 0 Å². The molecule has 1 amide bonds. The quantitative estimate of drug-likeness (QED) is 0.794. The molecule has 4 nitrogen and oxygen atoms in total. The lowest BCUT2D eigenvalue weighted by molar-refractivity contribution is 0.0618. The Labute approximate surface area is 99.4 Å². The molecule has 0 spiro atoms. The van der Waals surface area contributed by atoms with Gasteiger partial charge in [0.15, 0.2) is 10.9 Å². The fraction of sp³-hybridized carbons (Fsp3) is 0.545. The fourth-order valence-corrected chi connectivity index (χ4v) is 2.21. The zero-order valence-electron chi connectivity index (χ0n) is 9.53. The van der Waals surface area contributed by atoms with Crippen LogP contribution in [0, 0.1) is 0 Å². The van der Waals surface area contributed by atoms with E-state index in [-0.39, 0.29) is 11.9 Å². The van der Waals surface area contributed by atoms with E-state index in [1.54, 1.807) is 6.07 Å². The number of hydrogen-bond donors (Lipinski definition) is 1. The van der Waals surface area contributed by atoms with E-state index in [0.717, 1.165) is 24.7 Å². The van der Waals surface area contributed by atoms with Gasteiger partial charge in [0.1, 0.15) is 0 Å². The highest BCUT2D eigenvalue weighted by molar-refractivity contribution is 7.98. The first-order chi connectivity index (χ1) is 7.72. The van der Waals surface area contributed by atoms with Crippen LogP contribution in [-0.2, 0) is 0 Å². The van der Waals surface area contributed by atoms with Gasteiger partial charge >= 0.3 is 0 Å². The van der Waals surface area contributed by atoms with Crippen LogP contribution in [0.2, 0.25) is 0 Å². The van der Waals surface area contributed by atoms with Gasteiger partial charge < -0.3 is 14.6 Å². The van der Waals surface area contributed by atoms with Gasteiger partial charge in [0, 0.05) is 25.7 Å². The normalized spacial score (nSPS) is 21.1. The summed E-state index contributed by atoms with van der Waals surface area (Å²) in [7, 11) is 0. The Hall–Kier alpha value is -0.940. The van der Waals surface area contributed by atoms with Crippen molar-refractivity contribution in [1.82, 2.24) is 10.2 Å². The number of piperazine rings is 1. The summed E-state index contributed by atoms with van der Waals surface area (Å²) in [6.45, 7) is 4.49. The van der Waals surface area contributed by atoms with Crippen molar-refractivity contribution in [2.75, 3.05) is 25.9 Å². The van der Waals surface area contributed by atoms with E-state index in [0.29, 0.717) is 5.76 Å². The van der Waals surface area contributed by atoms with Crippen LogP contribution in [0.1, 0.15) is 17.5 Å². The molecule has 1 saturated heterocycles. The number of amides is 1. The van der Waals surface area contributed by atoms with Crippen molar-refractivity contribution in [1.29, 1.82) is 0 Å². The van der Waals surface area contributed by atoms with Crippen LogP contribution in [-0.4, -0.2) is 42.7 Å². The Morgan fingerprint density at radius 3 is 3.06 bits per heavy atom. The van der Waals surface area contributed by atoms with Crippen molar-refractivity contribution in [2.45, 2.75) is 18.1 Å². The van der Waals surface area contributed by atoms with E-state index in [9.17, 15) is 4.79 Å². The lowest BCUT2D eigenvalue weighted by Crippen LogP contribution is -2.52. The minimum atomic E-state index is -0.00528. The summed E-state index contributed by atoms with van der Waals surface area (Å²) < 4.78 is 5.45. The number of carbonyl (C=O) groups excluding carboxylic acids is 1. The molecule has 2 rings (SSSR count). The Balaban J connectivity index is 2.11. The van der Waals surface area contributed by atoms with Gasteiger partial charge in [-0.2, -0.15) is 0 Å². The highest BCUT2D eigenvalue weighted by Crippen LogP contribution is 2.20. The summed E-state index contributed by atoms with van der Waals surface area (Å²) in [4.78, 5) is 14.0. The van der Waals surface area contributed by atoms with Crippen molar-refractivity contribution in [3.05, 3.63) is 17.9 Å². The number of furan rings is 1. The van der Waals surface area contributed by atoms with Gasteiger partial charge in [-0.25, -0.2) is 0 Å². The molecule has 5 heteroatoms. The molecule has 1 aromatic heterocycles.